The minimum atomic E-state index is -0.271. The summed E-state index contributed by atoms with van der Waals surface area (Å²) in [5.74, 6) is -0.222. The number of para-hydroxylation sites is 1. The second kappa shape index (κ2) is 4.76. The van der Waals surface area contributed by atoms with Crippen molar-refractivity contribution in [3.63, 3.8) is 0 Å². The molecule has 1 aliphatic heterocycles. The number of benzene rings is 1. The minimum Gasteiger partial charge on any atom is -0.380 e. The molecule has 0 radical (unpaired) electrons. The first-order chi connectivity index (χ1) is 9.57. The van der Waals surface area contributed by atoms with Gasteiger partial charge < -0.3 is 15.0 Å². The van der Waals surface area contributed by atoms with E-state index in [1.807, 2.05) is 18.2 Å². The summed E-state index contributed by atoms with van der Waals surface area (Å²) in [6.07, 6.45) is 0. The third kappa shape index (κ3) is 2.32. The second-order valence-corrected chi connectivity index (χ2v) is 5.58. The van der Waals surface area contributed by atoms with Crippen molar-refractivity contribution in [3.05, 3.63) is 46.2 Å². The average molecular weight is 272 g/mol. The van der Waals surface area contributed by atoms with E-state index in [2.05, 4.69) is 17.2 Å². The summed E-state index contributed by atoms with van der Waals surface area (Å²) in [6.45, 7) is 3.92. The van der Waals surface area contributed by atoms with E-state index in [0.29, 0.717) is 30.8 Å². The fourth-order valence-electron chi connectivity index (χ4n) is 2.33. The summed E-state index contributed by atoms with van der Waals surface area (Å²) in [7, 11) is 0. The molecule has 20 heavy (non-hydrogen) atoms. The molecule has 1 saturated heterocycles. The average Bonchev–Trinajstić information content (AvgIpc) is 2.41. The highest BCUT2D eigenvalue weighted by atomic mass is 16.5. The summed E-state index contributed by atoms with van der Waals surface area (Å²) in [5, 5.41) is 3.64. The molecule has 0 spiro atoms. The van der Waals surface area contributed by atoms with E-state index in [9.17, 15) is 9.59 Å². The van der Waals surface area contributed by atoms with Crippen molar-refractivity contribution in [2.45, 2.75) is 6.92 Å². The lowest BCUT2D eigenvalue weighted by Gasteiger charge is -2.38. The number of ether oxygens (including phenoxy) is 1. The summed E-state index contributed by atoms with van der Waals surface area (Å²) in [6, 6.07) is 8.63. The van der Waals surface area contributed by atoms with Crippen molar-refractivity contribution in [2.24, 2.45) is 5.41 Å². The van der Waals surface area contributed by atoms with Gasteiger partial charge >= 0.3 is 0 Å². The summed E-state index contributed by atoms with van der Waals surface area (Å²) in [5.41, 5.74) is 0.815. The number of carbonyl (C=O) groups is 1. The van der Waals surface area contributed by atoms with Gasteiger partial charge in [-0.15, -0.1) is 0 Å². The third-order valence-corrected chi connectivity index (χ3v) is 3.57. The minimum absolute atomic E-state index is 0.00661. The van der Waals surface area contributed by atoms with Gasteiger partial charge in [-0.3, -0.25) is 9.59 Å². The number of H-pyrrole nitrogens is 1. The predicted molar refractivity (Wildman–Crippen MR) is 75.8 cm³/mol. The molecule has 1 fully saturated rings. The Balaban J connectivity index is 1.89. The van der Waals surface area contributed by atoms with E-state index in [4.69, 9.17) is 4.74 Å². The summed E-state index contributed by atoms with van der Waals surface area (Å²) in [4.78, 5) is 26.6. The number of pyridine rings is 1. The van der Waals surface area contributed by atoms with Crippen LogP contribution in [0.5, 0.6) is 0 Å². The lowest BCUT2D eigenvalue weighted by molar-refractivity contribution is -0.0978. The first kappa shape index (κ1) is 12.9. The first-order valence-electron chi connectivity index (χ1n) is 6.55. The summed E-state index contributed by atoms with van der Waals surface area (Å²) >= 11 is 0. The maximum Gasteiger partial charge on any atom is 0.252 e. The van der Waals surface area contributed by atoms with E-state index >= 15 is 0 Å². The molecule has 1 amide bonds. The third-order valence-electron chi connectivity index (χ3n) is 3.57. The molecule has 2 N–H and O–H groups in total. The highest BCUT2D eigenvalue weighted by Crippen LogP contribution is 2.25. The smallest absolute Gasteiger partial charge is 0.252 e. The topological polar surface area (TPSA) is 71.2 Å². The van der Waals surface area contributed by atoms with Crippen LogP contribution in [0.2, 0.25) is 0 Å². The number of rotatable bonds is 3. The van der Waals surface area contributed by atoms with E-state index in [1.54, 1.807) is 6.07 Å². The van der Waals surface area contributed by atoms with Crippen LogP contribution in [0.3, 0.4) is 0 Å². The Morgan fingerprint density at radius 1 is 1.40 bits per heavy atom. The maximum absolute atomic E-state index is 12.3. The molecular formula is C15H16N2O3. The van der Waals surface area contributed by atoms with E-state index in [0.717, 1.165) is 5.39 Å². The Kier molecular flexibility index (Phi) is 3.06. The van der Waals surface area contributed by atoms with Crippen molar-refractivity contribution >= 4 is 16.8 Å². The Labute approximate surface area is 116 Å². The molecule has 0 bridgehead atoms. The monoisotopic (exact) mass is 272 g/mol. The fraction of sp³-hybridized carbons (Fsp3) is 0.333. The van der Waals surface area contributed by atoms with Gasteiger partial charge in [0.15, 0.2) is 0 Å². The molecule has 0 aliphatic carbocycles. The van der Waals surface area contributed by atoms with Gasteiger partial charge in [-0.1, -0.05) is 25.1 Å². The first-order valence-corrected chi connectivity index (χ1v) is 6.55. The number of amides is 1. The van der Waals surface area contributed by atoms with Gasteiger partial charge in [0.25, 0.3) is 5.91 Å². The number of hydrogen-bond donors (Lipinski definition) is 2. The number of carbonyl (C=O) groups excluding carboxylic acids is 1. The van der Waals surface area contributed by atoms with Crippen LogP contribution in [-0.4, -0.2) is 30.6 Å². The van der Waals surface area contributed by atoms with Crippen LogP contribution in [0.15, 0.2) is 35.1 Å². The highest BCUT2D eigenvalue weighted by molar-refractivity contribution is 6.05. The van der Waals surface area contributed by atoms with E-state index in [-0.39, 0.29) is 16.9 Å². The standard InChI is InChI=1S/C15H16N2O3/c1-15(8-20-9-15)7-16-14(19)11-6-13(18)17-12-5-3-2-4-10(11)12/h2-6H,7-9H2,1H3,(H,16,19)(H,17,18). The molecule has 0 unspecified atom stereocenters. The van der Waals surface area contributed by atoms with Gasteiger partial charge in [0.1, 0.15) is 0 Å². The molecule has 0 saturated carbocycles. The number of aromatic amines is 1. The summed E-state index contributed by atoms with van der Waals surface area (Å²) < 4.78 is 5.16. The Bertz CT molecular complexity index is 716. The van der Waals surface area contributed by atoms with Crippen molar-refractivity contribution in [1.29, 1.82) is 0 Å². The van der Waals surface area contributed by atoms with Crippen LogP contribution in [0.1, 0.15) is 17.3 Å². The number of nitrogens with one attached hydrogen (secondary N) is 2. The molecule has 0 atom stereocenters. The zero-order valence-corrected chi connectivity index (χ0v) is 11.2. The van der Waals surface area contributed by atoms with Crippen molar-refractivity contribution in [3.8, 4) is 0 Å². The Morgan fingerprint density at radius 3 is 2.85 bits per heavy atom. The zero-order chi connectivity index (χ0) is 14.2. The fourth-order valence-corrected chi connectivity index (χ4v) is 2.33. The van der Waals surface area contributed by atoms with Crippen LogP contribution in [0.25, 0.3) is 10.9 Å². The van der Waals surface area contributed by atoms with Gasteiger partial charge in [0, 0.05) is 28.9 Å². The van der Waals surface area contributed by atoms with Gasteiger partial charge in [-0.05, 0) is 6.07 Å². The van der Waals surface area contributed by atoms with Crippen molar-refractivity contribution in [1.82, 2.24) is 10.3 Å². The Morgan fingerprint density at radius 2 is 2.15 bits per heavy atom. The quantitative estimate of drug-likeness (QED) is 0.884. The number of aromatic nitrogens is 1. The van der Waals surface area contributed by atoms with Crippen LogP contribution in [-0.2, 0) is 4.74 Å². The van der Waals surface area contributed by atoms with Gasteiger partial charge in [-0.2, -0.15) is 0 Å². The molecule has 2 aromatic rings. The van der Waals surface area contributed by atoms with Crippen LogP contribution >= 0.6 is 0 Å². The molecule has 1 aromatic heterocycles. The molecular weight excluding hydrogens is 256 g/mol. The molecule has 5 heteroatoms. The van der Waals surface area contributed by atoms with Crippen LogP contribution < -0.4 is 10.9 Å². The van der Waals surface area contributed by atoms with Gasteiger partial charge in [-0.25, -0.2) is 0 Å². The lowest BCUT2D eigenvalue weighted by atomic mass is 9.88. The molecule has 2 heterocycles. The largest absolute Gasteiger partial charge is 0.380 e. The molecule has 5 nitrogen and oxygen atoms in total. The number of fused-ring (bicyclic) bond motifs is 1. The van der Waals surface area contributed by atoms with Crippen LogP contribution in [0, 0.1) is 5.41 Å². The maximum atomic E-state index is 12.3. The van der Waals surface area contributed by atoms with Crippen molar-refractivity contribution in [2.75, 3.05) is 19.8 Å². The lowest BCUT2D eigenvalue weighted by Crippen LogP contribution is -2.48. The van der Waals surface area contributed by atoms with Crippen LogP contribution in [0.4, 0.5) is 0 Å². The molecule has 104 valence electrons. The normalized spacial score (nSPS) is 16.6. The predicted octanol–water partition coefficient (Wildman–Crippen LogP) is 1.29. The SMILES string of the molecule is CC1(CNC(=O)c2cc(=O)[nH]c3ccccc23)COC1. The van der Waals surface area contributed by atoms with Gasteiger partial charge in [0.2, 0.25) is 5.56 Å². The van der Waals surface area contributed by atoms with E-state index in [1.165, 1.54) is 6.07 Å². The molecule has 1 aromatic carbocycles. The second-order valence-electron chi connectivity index (χ2n) is 5.58. The molecule has 3 rings (SSSR count). The van der Waals surface area contributed by atoms with E-state index < -0.39 is 0 Å². The van der Waals surface area contributed by atoms with Gasteiger partial charge in [0.05, 0.1) is 18.8 Å². The Hall–Kier alpha value is -2.14. The number of hydrogen-bond acceptors (Lipinski definition) is 3. The highest BCUT2D eigenvalue weighted by Gasteiger charge is 2.33. The van der Waals surface area contributed by atoms with Crippen molar-refractivity contribution < 1.29 is 9.53 Å². The molecule has 1 aliphatic rings. The zero-order valence-electron chi connectivity index (χ0n) is 11.2.